The van der Waals surface area contributed by atoms with Gasteiger partial charge >= 0.3 is 0 Å². The molecule has 16 heavy (non-hydrogen) atoms. The predicted molar refractivity (Wildman–Crippen MR) is 60.3 cm³/mol. The van der Waals surface area contributed by atoms with Crippen LogP contribution in [0, 0.1) is 0 Å². The Kier molecular flexibility index (Phi) is 5.95. The maximum atomic E-state index is 11.0. The van der Waals surface area contributed by atoms with Gasteiger partial charge in [0.25, 0.3) is 0 Å². The van der Waals surface area contributed by atoms with E-state index in [1.54, 1.807) is 0 Å². The SMILES string of the molecule is CC(C)OCC(O)COC1CCC(=O)CC1. The highest BCUT2D eigenvalue weighted by atomic mass is 16.5. The van der Waals surface area contributed by atoms with Crippen molar-refractivity contribution in [3.05, 3.63) is 0 Å². The smallest absolute Gasteiger partial charge is 0.133 e. The quantitative estimate of drug-likeness (QED) is 0.747. The highest BCUT2D eigenvalue weighted by molar-refractivity contribution is 5.79. The molecule has 0 bridgehead atoms. The largest absolute Gasteiger partial charge is 0.388 e. The molecule has 1 unspecified atom stereocenters. The molecule has 1 fully saturated rings. The van der Waals surface area contributed by atoms with E-state index in [9.17, 15) is 9.90 Å². The first-order valence-corrected chi connectivity index (χ1v) is 6.01. The van der Waals surface area contributed by atoms with E-state index in [0.29, 0.717) is 31.8 Å². The van der Waals surface area contributed by atoms with E-state index >= 15 is 0 Å². The third-order valence-electron chi connectivity index (χ3n) is 2.64. The number of carbonyl (C=O) groups is 1. The van der Waals surface area contributed by atoms with Crippen LogP contribution in [-0.2, 0) is 14.3 Å². The van der Waals surface area contributed by atoms with E-state index in [0.717, 1.165) is 12.8 Å². The zero-order valence-corrected chi connectivity index (χ0v) is 10.1. The third-order valence-corrected chi connectivity index (χ3v) is 2.64. The molecule has 0 aromatic rings. The van der Waals surface area contributed by atoms with Gasteiger partial charge in [0.1, 0.15) is 11.9 Å². The van der Waals surface area contributed by atoms with Gasteiger partial charge in [-0.3, -0.25) is 4.79 Å². The number of ether oxygens (including phenoxy) is 2. The van der Waals surface area contributed by atoms with Crippen LogP contribution < -0.4 is 0 Å². The number of Topliss-reactive ketones (excluding diaryl/α,β-unsaturated/α-hetero) is 1. The molecule has 94 valence electrons. The summed E-state index contributed by atoms with van der Waals surface area (Å²) in [6, 6.07) is 0. The van der Waals surface area contributed by atoms with Gasteiger partial charge in [0, 0.05) is 12.8 Å². The second kappa shape index (κ2) is 6.99. The number of aliphatic hydroxyl groups is 1. The molecule has 0 aromatic carbocycles. The summed E-state index contributed by atoms with van der Waals surface area (Å²) in [6.45, 7) is 4.47. The minimum atomic E-state index is -0.569. The maximum absolute atomic E-state index is 11.0. The standard InChI is InChI=1S/C12H22O4/c1-9(2)15-7-11(14)8-16-12-5-3-10(13)4-6-12/h9,11-12,14H,3-8H2,1-2H3. The molecule has 0 aromatic heterocycles. The molecule has 0 amide bonds. The Morgan fingerprint density at radius 1 is 1.31 bits per heavy atom. The Labute approximate surface area is 96.9 Å². The minimum Gasteiger partial charge on any atom is -0.388 e. The van der Waals surface area contributed by atoms with Crippen LogP contribution in [0.1, 0.15) is 39.5 Å². The lowest BCUT2D eigenvalue weighted by Gasteiger charge is -2.23. The van der Waals surface area contributed by atoms with Crippen LogP contribution in [0.4, 0.5) is 0 Å². The lowest BCUT2D eigenvalue weighted by atomic mass is 9.96. The van der Waals surface area contributed by atoms with Crippen molar-refractivity contribution in [1.29, 1.82) is 0 Å². The molecule has 0 spiro atoms. The number of aliphatic hydroxyl groups excluding tert-OH is 1. The summed E-state index contributed by atoms with van der Waals surface area (Å²) in [6.07, 6.45) is 2.49. The van der Waals surface area contributed by atoms with E-state index in [2.05, 4.69) is 0 Å². The second-order valence-corrected chi connectivity index (χ2v) is 4.61. The average Bonchev–Trinajstić information content (AvgIpc) is 2.25. The number of rotatable bonds is 6. The molecule has 4 nitrogen and oxygen atoms in total. The first-order chi connectivity index (χ1) is 7.58. The van der Waals surface area contributed by atoms with E-state index in [1.165, 1.54) is 0 Å². The highest BCUT2D eigenvalue weighted by Crippen LogP contribution is 2.17. The Bertz CT molecular complexity index is 205. The molecular weight excluding hydrogens is 208 g/mol. The van der Waals surface area contributed by atoms with Crippen LogP contribution in [-0.4, -0.2) is 42.4 Å². The fourth-order valence-corrected chi connectivity index (χ4v) is 1.68. The summed E-state index contributed by atoms with van der Waals surface area (Å²) in [7, 11) is 0. The fourth-order valence-electron chi connectivity index (χ4n) is 1.68. The van der Waals surface area contributed by atoms with Gasteiger partial charge in [-0.2, -0.15) is 0 Å². The van der Waals surface area contributed by atoms with Crippen LogP contribution in [0.3, 0.4) is 0 Å². The van der Waals surface area contributed by atoms with Crippen molar-refractivity contribution < 1.29 is 19.4 Å². The topological polar surface area (TPSA) is 55.8 Å². The van der Waals surface area contributed by atoms with Crippen molar-refractivity contribution in [2.24, 2.45) is 0 Å². The zero-order valence-electron chi connectivity index (χ0n) is 10.1. The second-order valence-electron chi connectivity index (χ2n) is 4.61. The van der Waals surface area contributed by atoms with Crippen molar-refractivity contribution in [1.82, 2.24) is 0 Å². The number of ketones is 1. The van der Waals surface area contributed by atoms with E-state index in [-0.39, 0.29) is 12.2 Å². The first kappa shape index (κ1) is 13.6. The van der Waals surface area contributed by atoms with Gasteiger partial charge in [-0.15, -0.1) is 0 Å². The van der Waals surface area contributed by atoms with Crippen LogP contribution in [0.25, 0.3) is 0 Å². The molecule has 0 heterocycles. The third kappa shape index (κ3) is 5.58. The summed E-state index contributed by atoms with van der Waals surface area (Å²) in [5, 5.41) is 9.56. The molecule has 1 atom stereocenters. The van der Waals surface area contributed by atoms with Crippen molar-refractivity contribution in [2.75, 3.05) is 13.2 Å². The number of hydrogen-bond acceptors (Lipinski definition) is 4. The summed E-state index contributed by atoms with van der Waals surface area (Å²) in [5.74, 6) is 0.323. The highest BCUT2D eigenvalue weighted by Gasteiger charge is 2.20. The molecule has 1 rings (SSSR count). The Hall–Kier alpha value is -0.450. The van der Waals surface area contributed by atoms with Gasteiger partial charge in [0.2, 0.25) is 0 Å². The van der Waals surface area contributed by atoms with Gasteiger partial charge in [-0.05, 0) is 26.7 Å². The molecule has 0 radical (unpaired) electrons. The maximum Gasteiger partial charge on any atom is 0.133 e. The van der Waals surface area contributed by atoms with Crippen LogP contribution >= 0.6 is 0 Å². The van der Waals surface area contributed by atoms with E-state index < -0.39 is 6.10 Å². The van der Waals surface area contributed by atoms with Crippen LogP contribution in [0.15, 0.2) is 0 Å². The van der Waals surface area contributed by atoms with Crippen LogP contribution in [0.2, 0.25) is 0 Å². The lowest BCUT2D eigenvalue weighted by molar-refractivity contribution is -0.124. The summed E-state index contributed by atoms with van der Waals surface area (Å²) >= 11 is 0. The normalized spacial score (nSPS) is 20.4. The van der Waals surface area contributed by atoms with Crippen LogP contribution in [0.5, 0.6) is 0 Å². The van der Waals surface area contributed by atoms with E-state index in [4.69, 9.17) is 9.47 Å². The van der Waals surface area contributed by atoms with Gasteiger partial charge < -0.3 is 14.6 Å². The molecule has 1 N–H and O–H groups in total. The van der Waals surface area contributed by atoms with Crippen molar-refractivity contribution in [2.45, 2.75) is 57.8 Å². The molecule has 0 saturated heterocycles. The molecule has 1 saturated carbocycles. The zero-order chi connectivity index (χ0) is 12.0. The average molecular weight is 230 g/mol. The van der Waals surface area contributed by atoms with Gasteiger partial charge in [-0.25, -0.2) is 0 Å². The van der Waals surface area contributed by atoms with Gasteiger partial charge in [-0.1, -0.05) is 0 Å². The first-order valence-electron chi connectivity index (χ1n) is 6.01. The predicted octanol–water partition coefficient (Wildman–Crippen LogP) is 1.30. The van der Waals surface area contributed by atoms with Crippen molar-refractivity contribution in [3.63, 3.8) is 0 Å². The number of hydrogen-bond donors (Lipinski definition) is 1. The minimum absolute atomic E-state index is 0.127. The summed E-state index contributed by atoms with van der Waals surface area (Å²) in [5.41, 5.74) is 0. The summed E-state index contributed by atoms with van der Waals surface area (Å²) in [4.78, 5) is 11.0. The van der Waals surface area contributed by atoms with Crippen molar-refractivity contribution >= 4 is 5.78 Å². The number of carbonyl (C=O) groups excluding carboxylic acids is 1. The van der Waals surface area contributed by atoms with Crippen molar-refractivity contribution in [3.8, 4) is 0 Å². The Morgan fingerprint density at radius 3 is 2.50 bits per heavy atom. The molecule has 0 aliphatic heterocycles. The molecule has 1 aliphatic rings. The fraction of sp³-hybridized carbons (Fsp3) is 0.917. The molecule has 1 aliphatic carbocycles. The Balaban J connectivity index is 2.07. The Morgan fingerprint density at radius 2 is 1.94 bits per heavy atom. The molecule has 4 heteroatoms. The summed E-state index contributed by atoms with van der Waals surface area (Å²) < 4.78 is 10.8. The van der Waals surface area contributed by atoms with Gasteiger partial charge in [0.15, 0.2) is 0 Å². The van der Waals surface area contributed by atoms with Gasteiger partial charge in [0.05, 0.1) is 25.4 Å². The monoisotopic (exact) mass is 230 g/mol. The van der Waals surface area contributed by atoms with E-state index in [1.807, 2.05) is 13.8 Å². The lowest BCUT2D eigenvalue weighted by Crippen LogP contribution is -2.29. The molecular formula is C12H22O4.